The maximum Gasteiger partial charge on any atom is 0.355 e. The van der Waals surface area contributed by atoms with Crippen LogP contribution in [0.5, 0.6) is 5.75 Å². The zero-order valence-electron chi connectivity index (χ0n) is 14.2. The van der Waals surface area contributed by atoms with Gasteiger partial charge in [0.15, 0.2) is 0 Å². The smallest absolute Gasteiger partial charge is 0.355 e. The van der Waals surface area contributed by atoms with Gasteiger partial charge in [0.1, 0.15) is 23.7 Å². The number of carbonyl (C=O) groups is 3. The number of nitrogens with zero attached hydrogens (tertiary/aromatic N) is 1. The summed E-state index contributed by atoms with van der Waals surface area (Å²) >= 11 is 1.93. The topological polar surface area (TPSA) is 112 Å². The Hall–Kier alpha value is -2.34. The lowest BCUT2D eigenvalue weighted by molar-refractivity contribution is -0.140. The highest BCUT2D eigenvalue weighted by atomic mass is 127. The van der Waals surface area contributed by atoms with Gasteiger partial charge in [0.25, 0.3) is 0 Å². The number of halogens is 1. The van der Waals surface area contributed by atoms with Crippen LogP contribution in [0.4, 0.5) is 5.69 Å². The van der Waals surface area contributed by atoms with Gasteiger partial charge in [0.05, 0.1) is 39.2 Å². The molecule has 1 heterocycles. The van der Waals surface area contributed by atoms with Gasteiger partial charge in [0.2, 0.25) is 0 Å². The average molecular weight is 477 g/mol. The molecule has 1 N–H and O–H groups in total. The Bertz CT molecular complexity index is 789. The molecule has 1 aliphatic heterocycles. The van der Waals surface area contributed by atoms with E-state index in [4.69, 9.17) is 18.9 Å². The zero-order valence-corrected chi connectivity index (χ0v) is 16.4. The summed E-state index contributed by atoms with van der Waals surface area (Å²) in [6.45, 7) is -0.162. The van der Waals surface area contributed by atoms with Crippen molar-refractivity contribution in [2.75, 3.05) is 39.6 Å². The molecule has 1 aromatic rings. The Balaban J connectivity index is 2.67. The van der Waals surface area contributed by atoms with Gasteiger partial charge >= 0.3 is 17.9 Å². The number of carboxylic acid groups (broad SMARTS) is 1. The van der Waals surface area contributed by atoms with Gasteiger partial charge in [-0.3, -0.25) is 0 Å². The molecule has 0 amide bonds. The van der Waals surface area contributed by atoms with Crippen molar-refractivity contribution in [2.45, 2.75) is 0 Å². The molecule has 9 nitrogen and oxygen atoms in total. The van der Waals surface area contributed by atoms with Crippen molar-refractivity contribution >= 4 is 46.2 Å². The number of esters is 2. The van der Waals surface area contributed by atoms with E-state index in [1.165, 1.54) is 38.4 Å². The lowest BCUT2D eigenvalue weighted by atomic mass is 10.1. The van der Waals surface area contributed by atoms with E-state index in [-0.39, 0.29) is 35.9 Å². The summed E-state index contributed by atoms with van der Waals surface area (Å²) in [6, 6.07) is 2.86. The molecule has 0 radical (unpaired) electrons. The minimum Gasteiger partial charge on any atom is -0.496 e. The number of anilines is 1. The first-order valence-electron chi connectivity index (χ1n) is 7.21. The van der Waals surface area contributed by atoms with Crippen LogP contribution in [0.15, 0.2) is 23.4 Å². The molecule has 1 aromatic carbocycles. The van der Waals surface area contributed by atoms with E-state index in [0.29, 0.717) is 9.26 Å². The first-order chi connectivity index (χ1) is 12.3. The molecule has 2 rings (SSSR count). The normalized spacial score (nSPS) is 14.1. The number of methoxy groups -OCH3 is 3. The van der Waals surface area contributed by atoms with Crippen LogP contribution in [0, 0.1) is 3.57 Å². The van der Waals surface area contributed by atoms with E-state index in [2.05, 4.69) is 0 Å². The first kappa shape index (κ1) is 20.0. The molecule has 0 atom stereocenters. The fourth-order valence-corrected chi connectivity index (χ4v) is 3.18. The van der Waals surface area contributed by atoms with E-state index in [1.54, 1.807) is 0 Å². The summed E-state index contributed by atoms with van der Waals surface area (Å²) in [7, 11) is 3.72. The molecule has 0 saturated heterocycles. The molecule has 0 fully saturated rings. The van der Waals surface area contributed by atoms with Crippen LogP contribution in [0.3, 0.4) is 0 Å². The molecule has 0 aromatic heterocycles. The van der Waals surface area contributed by atoms with Gasteiger partial charge in [-0.2, -0.15) is 0 Å². The fourth-order valence-electron chi connectivity index (χ4n) is 2.42. The van der Waals surface area contributed by atoms with Crippen LogP contribution in [0.1, 0.15) is 10.4 Å². The highest BCUT2D eigenvalue weighted by molar-refractivity contribution is 14.1. The van der Waals surface area contributed by atoms with Crippen LogP contribution < -0.4 is 9.64 Å². The Morgan fingerprint density at radius 1 is 1.15 bits per heavy atom. The van der Waals surface area contributed by atoms with Gasteiger partial charge in [0, 0.05) is 9.64 Å². The predicted octanol–water partition coefficient (Wildman–Crippen LogP) is 1.39. The fraction of sp³-hybridized carbons (Fsp3) is 0.312. The predicted molar refractivity (Wildman–Crippen MR) is 97.0 cm³/mol. The van der Waals surface area contributed by atoms with Crippen LogP contribution in [-0.4, -0.2) is 57.7 Å². The van der Waals surface area contributed by atoms with Crippen molar-refractivity contribution in [3.8, 4) is 5.75 Å². The number of carbonyl (C=O) groups excluding carboxylic acids is 2. The highest BCUT2D eigenvalue weighted by Gasteiger charge is 2.33. The number of ether oxygens (including phenoxy) is 4. The molecular weight excluding hydrogens is 461 g/mol. The minimum absolute atomic E-state index is 0.00248. The standard InChI is InChI=1S/C16H16INO8/c1-23-12-5-11(10(17)4-8(12)14(19)20)18-7-26-6-9(15(21)24-2)13(18)16(22)25-3/h4-5H,6-7H2,1-3H3,(H,19,20). The van der Waals surface area contributed by atoms with Crippen molar-refractivity contribution in [3.63, 3.8) is 0 Å². The van der Waals surface area contributed by atoms with E-state index in [0.717, 1.165) is 0 Å². The molecule has 0 spiro atoms. The van der Waals surface area contributed by atoms with E-state index >= 15 is 0 Å². The largest absolute Gasteiger partial charge is 0.496 e. The Kier molecular flexibility index (Phi) is 6.42. The molecule has 0 aliphatic carbocycles. The van der Waals surface area contributed by atoms with E-state index in [1.807, 2.05) is 22.6 Å². The third-order valence-electron chi connectivity index (χ3n) is 3.62. The second-order valence-electron chi connectivity index (χ2n) is 5.02. The average Bonchev–Trinajstić information content (AvgIpc) is 2.65. The van der Waals surface area contributed by atoms with Crippen molar-refractivity contribution in [1.82, 2.24) is 0 Å². The summed E-state index contributed by atoms with van der Waals surface area (Å²) in [6.07, 6.45) is 0. The summed E-state index contributed by atoms with van der Waals surface area (Å²) in [5.74, 6) is -2.52. The van der Waals surface area contributed by atoms with E-state index < -0.39 is 17.9 Å². The van der Waals surface area contributed by atoms with Crippen LogP contribution in [0.25, 0.3) is 0 Å². The van der Waals surface area contributed by atoms with Gasteiger partial charge in [-0.25, -0.2) is 14.4 Å². The van der Waals surface area contributed by atoms with Gasteiger partial charge in [-0.05, 0) is 28.7 Å². The molecular formula is C16H16INO8. The summed E-state index contributed by atoms with van der Waals surface area (Å²) in [4.78, 5) is 37.1. The Morgan fingerprint density at radius 2 is 1.81 bits per heavy atom. The second kappa shape index (κ2) is 8.36. The number of carboxylic acids is 1. The number of aromatic carboxylic acids is 1. The molecule has 140 valence electrons. The summed E-state index contributed by atoms with van der Waals surface area (Å²) in [5, 5.41) is 9.28. The van der Waals surface area contributed by atoms with Crippen molar-refractivity contribution in [2.24, 2.45) is 0 Å². The highest BCUT2D eigenvalue weighted by Crippen LogP contribution is 2.35. The number of benzene rings is 1. The number of hydrogen-bond donors (Lipinski definition) is 1. The monoisotopic (exact) mass is 477 g/mol. The molecule has 0 bridgehead atoms. The quantitative estimate of drug-likeness (QED) is 0.497. The third kappa shape index (κ3) is 3.75. The number of hydrogen-bond acceptors (Lipinski definition) is 8. The Morgan fingerprint density at radius 3 is 2.35 bits per heavy atom. The SMILES string of the molecule is COC(=O)C1=C(C(=O)OC)N(c2cc(OC)c(C(=O)O)cc2I)COC1. The zero-order chi connectivity index (χ0) is 19.4. The van der Waals surface area contributed by atoms with E-state index in [9.17, 15) is 19.5 Å². The second-order valence-corrected chi connectivity index (χ2v) is 6.19. The number of rotatable bonds is 5. The Labute approximate surface area is 162 Å². The summed E-state index contributed by atoms with van der Waals surface area (Å²) < 4.78 is 20.6. The van der Waals surface area contributed by atoms with Crippen LogP contribution in [0.2, 0.25) is 0 Å². The van der Waals surface area contributed by atoms with Gasteiger partial charge < -0.3 is 29.0 Å². The van der Waals surface area contributed by atoms with Crippen molar-refractivity contribution < 1.29 is 38.4 Å². The van der Waals surface area contributed by atoms with Crippen molar-refractivity contribution in [3.05, 3.63) is 32.5 Å². The molecule has 0 saturated carbocycles. The maximum atomic E-state index is 12.3. The van der Waals surface area contributed by atoms with Crippen LogP contribution in [-0.2, 0) is 23.8 Å². The molecule has 1 aliphatic rings. The van der Waals surface area contributed by atoms with Gasteiger partial charge in [-0.15, -0.1) is 0 Å². The van der Waals surface area contributed by atoms with Gasteiger partial charge in [-0.1, -0.05) is 0 Å². The first-order valence-corrected chi connectivity index (χ1v) is 8.29. The third-order valence-corrected chi connectivity index (χ3v) is 4.49. The lowest BCUT2D eigenvalue weighted by Crippen LogP contribution is -2.39. The maximum absolute atomic E-state index is 12.3. The molecule has 26 heavy (non-hydrogen) atoms. The van der Waals surface area contributed by atoms with Crippen LogP contribution >= 0.6 is 22.6 Å². The molecule has 0 unspecified atom stereocenters. The summed E-state index contributed by atoms with van der Waals surface area (Å²) in [5.41, 5.74) is 0.362. The molecule has 10 heteroatoms. The van der Waals surface area contributed by atoms with Crippen molar-refractivity contribution in [1.29, 1.82) is 0 Å². The lowest BCUT2D eigenvalue weighted by Gasteiger charge is -2.32. The minimum atomic E-state index is -1.15.